The highest BCUT2D eigenvalue weighted by Crippen LogP contribution is 2.21. The molecule has 0 aliphatic rings. The second kappa shape index (κ2) is 6.42. The summed E-state index contributed by atoms with van der Waals surface area (Å²) in [7, 11) is 1.63. The van der Waals surface area contributed by atoms with E-state index in [-0.39, 0.29) is 12.5 Å². The number of rotatable bonds is 4. The van der Waals surface area contributed by atoms with Gasteiger partial charge < -0.3 is 10.0 Å². The van der Waals surface area contributed by atoms with Gasteiger partial charge in [-0.2, -0.15) is 0 Å². The Labute approximate surface area is 123 Å². The lowest BCUT2D eigenvalue weighted by Gasteiger charge is -2.24. The normalized spacial score (nSPS) is 11.9. The molecule has 1 rings (SSSR count). The Morgan fingerprint density at radius 1 is 1.42 bits per heavy atom. The minimum Gasteiger partial charge on any atom is -0.389 e. The fourth-order valence-corrected chi connectivity index (χ4v) is 1.95. The number of carbonyl (C=O) groups excluding carboxylic acids is 1. The lowest BCUT2D eigenvalue weighted by molar-refractivity contribution is -0.127. The lowest BCUT2D eigenvalue weighted by Crippen LogP contribution is -2.38. The number of benzene rings is 1. The van der Waals surface area contributed by atoms with Gasteiger partial charge in [-0.3, -0.25) is 4.79 Å². The highest BCUT2D eigenvalue weighted by Gasteiger charge is 2.17. The molecule has 1 aromatic carbocycles. The molecule has 1 amide bonds. The first-order chi connectivity index (χ1) is 8.69. The maximum absolute atomic E-state index is 11.8. The van der Waals surface area contributed by atoms with Crippen molar-refractivity contribution in [3.8, 4) is 0 Å². The van der Waals surface area contributed by atoms with Gasteiger partial charge in [0.05, 0.1) is 5.60 Å². The fraction of sp³-hybridized carbons (Fsp3) is 0.357. The van der Waals surface area contributed by atoms with Crippen molar-refractivity contribution in [2.75, 3.05) is 13.6 Å². The molecule has 0 aromatic heterocycles. The van der Waals surface area contributed by atoms with Crippen LogP contribution in [0.15, 0.2) is 24.3 Å². The second-order valence-corrected chi connectivity index (χ2v) is 5.85. The number of hydrogen-bond donors (Lipinski definition) is 1. The summed E-state index contributed by atoms with van der Waals surface area (Å²) >= 11 is 11.9. The fourth-order valence-electron chi connectivity index (χ4n) is 1.59. The van der Waals surface area contributed by atoms with E-state index in [1.807, 2.05) is 0 Å². The van der Waals surface area contributed by atoms with Crippen molar-refractivity contribution in [2.24, 2.45) is 0 Å². The van der Waals surface area contributed by atoms with E-state index < -0.39 is 5.60 Å². The second-order valence-electron chi connectivity index (χ2n) is 5.01. The number of aliphatic hydroxyl groups is 1. The molecule has 0 radical (unpaired) electrons. The number of likely N-dealkylation sites (N-methyl/N-ethyl adjacent to an activating group) is 1. The predicted molar refractivity (Wildman–Crippen MR) is 79.4 cm³/mol. The summed E-state index contributed by atoms with van der Waals surface area (Å²) < 4.78 is 0. The molecule has 0 unspecified atom stereocenters. The number of nitrogens with zero attached hydrogens (tertiary/aromatic N) is 1. The third-order valence-corrected chi connectivity index (χ3v) is 2.94. The Hall–Kier alpha value is -1.03. The number of carbonyl (C=O) groups is 1. The standard InChI is InChI=1S/C14H17Cl2NO2/c1-14(2,19)9-17(3)13(18)7-4-10-8-11(15)5-6-12(10)16/h4-8,19H,9H2,1-3H3. The van der Waals surface area contributed by atoms with Crippen molar-refractivity contribution in [3.63, 3.8) is 0 Å². The van der Waals surface area contributed by atoms with Crippen LogP contribution in [0.5, 0.6) is 0 Å². The van der Waals surface area contributed by atoms with Gasteiger partial charge in [-0.05, 0) is 43.7 Å². The summed E-state index contributed by atoms with van der Waals surface area (Å²) in [5.74, 6) is -0.210. The van der Waals surface area contributed by atoms with E-state index in [4.69, 9.17) is 23.2 Å². The highest BCUT2D eigenvalue weighted by atomic mass is 35.5. The van der Waals surface area contributed by atoms with Crippen LogP contribution in [-0.4, -0.2) is 35.1 Å². The van der Waals surface area contributed by atoms with Gasteiger partial charge in [0, 0.05) is 29.7 Å². The Balaban J connectivity index is 2.76. The van der Waals surface area contributed by atoms with Crippen LogP contribution >= 0.6 is 23.2 Å². The first-order valence-electron chi connectivity index (χ1n) is 5.80. The van der Waals surface area contributed by atoms with Crippen LogP contribution in [0.2, 0.25) is 10.0 Å². The zero-order valence-corrected chi connectivity index (χ0v) is 12.7. The summed E-state index contributed by atoms with van der Waals surface area (Å²) in [5, 5.41) is 10.7. The summed E-state index contributed by atoms with van der Waals surface area (Å²) in [4.78, 5) is 13.3. The molecule has 0 atom stereocenters. The summed E-state index contributed by atoms with van der Waals surface area (Å²) in [5.41, 5.74) is -0.245. The maximum atomic E-state index is 11.8. The minimum absolute atomic E-state index is 0.210. The molecule has 0 spiro atoms. The van der Waals surface area contributed by atoms with E-state index in [9.17, 15) is 9.90 Å². The van der Waals surface area contributed by atoms with Gasteiger partial charge in [-0.25, -0.2) is 0 Å². The number of halogens is 2. The Morgan fingerprint density at radius 3 is 2.63 bits per heavy atom. The quantitative estimate of drug-likeness (QED) is 0.867. The maximum Gasteiger partial charge on any atom is 0.246 e. The summed E-state index contributed by atoms with van der Waals surface area (Å²) in [6.07, 6.45) is 3.01. The summed E-state index contributed by atoms with van der Waals surface area (Å²) in [6.45, 7) is 3.54. The van der Waals surface area contributed by atoms with Gasteiger partial charge in [0.2, 0.25) is 5.91 Å². The molecule has 1 aromatic rings. The largest absolute Gasteiger partial charge is 0.389 e. The molecular formula is C14H17Cl2NO2. The molecule has 0 bridgehead atoms. The SMILES string of the molecule is CN(CC(C)(C)O)C(=O)C=Cc1cc(Cl)ccc1Cl. The monoisotopic (exact) mass is 301 g/mol. The van der Waals surface area contributed by atoms with Gasteiger partial charge in [0.25, 0.3) is 0 Å². The molecule has 3 nitrogen and oxygen atoms in total. The average Bonchev–Trinajstić information content (AvgIpc) is 2.27. The molecule has 0 aliphatic heterocycles. The Kier molecular flexibility index (Phi) is 5.41. The van der Waals surface area contributed by atoms with Crippen molar-refractivity contribution < 1.29 is 9.90 Å². The van der Waals surface area contributed by atoms with Crippen LogP contribution in [-0.2, 0) is 4.79 Å². The van der Waals surface area contributed by atoms with Crippen LogP contribution in [0.4, 0.5) is 0 Å². The smallest absolute Gasteiger partial charge is 0.246 e. The first-order valence-corrected chi connectivity index (χ1v) is 6.55. The molecule has 0 saturated heterocycles. The van der Waals surface area contributed by atoms with E-state index in [2.05, 4.69) is 0 Å². The van der Waals surface area contributed by atoms with Crippen molar-refractivity contribution >= 4 is 35.2 Å². The molecule has 0 fully saturated rings. The zero-order valence-electron chi connectivity index (χ0n) is 11.2. The zero-order chi connectivity index (χ0) is 14.6. The molecule has 5 heteroatoms. The van der Waals surface area contributed by atoms with E-state index >= 15 is 0 Å². The Morgan fingerprint density at radius 2 is 2.05 bits per heavy atom. The van der Waals surface area contributed by atoms with Crippen LogP contribution in [0.25, 0.3) is 6.08 Å². The van der Waals surface area contributed by atoms with Crippen molar-refractivity contribution in [1.29, 1.82) is 0 Å². The predicted octanol–water partition coefficient (Wildman–Crippen LogP) is 3.24. The van der Waals surface area contributed by atoms with E-state index in [0.717, 1.165) is 0 Å². The van der Waals surface area contributed by atoms with Crippen LogP contribution < -0.4 is 0 Å². The molecule has 104 valence electrons. The van der Waals surface area contributed by atoms with Crippen LogP contribution in [0, 0.1) is 0 Å². The molecule has 0 aliphatic carbocycles. The van der Waals surface area contributed by atoms with Gasteiger partial charge >= 0.3 is 0 Å². The Bertz CT molecular complexity index is 493. The van der Waals surface area contributed by atoms with Gasteiger partial charge in [-0.15, -0.1) is 0 Å². The van der Waals surface area contributed by atoms with E-state index in [1.54, 1.807) is 45.2 Å². The van der Waals surface area contributed by atoms with Crippen molar-refractivity contribution in [2.45, 2.75) is 19.4 Å². The number of amides is 1. The van der Waals surface area contributed by atoms with Gasteiger partial charge in [0.15, 0.2) is 0 Å². The molecule has 19 heavy (non-hydrogen) atoms. The topological polar surface area (TPSA) is 40.5 Å². The minimum atomic E-state index is -0.925. The third-order valence-electron chi connectivity index (χ3n) is 2.36. The summed E-state index contributed by atoms with van der Waals surface area (Å²) in [6, 6.07) is 5.04. The third kappa shape index (κ3) is 5.64. The molecular weight excluding hydrogens is 285 g/mol. The van der Waals surface area contributed by atoms with Crippen LogP contribution in [0.1, 0.15) is 19.4 Å². The molecule has 0 heterocycles. The van der Waals surface area contributed by atoms with Crippen molar-refractivity contribution in [3.05, 3.63) is 39.9 Å². The van der Waals surface area contributed by atoms with Gasteiger partial charge in [0.1, 0.15) is 0 Å². The molecule has 0 saturated carbocycles. The lowest BCUT2D eigenvalue weighted by atomic mass is 10.1. The average molecular weight is 302 g/mol. The molecule has 1 N–H and O–H groups in total. The van der Waals surface area contributed by atoms with Crippen LogP contribution in [0.3, 0.4) is 0 Å². The number of hydrogen-bond acceptors (Lipinski definition) is 2. The first kappa shape index (κ1) is 16.0. The van der Waals surface area contributed by atoms with E-state index in [1.165, 1.54) is 11.0 Å². The van der Waals surface area contributed by atoms with Crippen molar-refractivity contribution in [1.82, 2.24) is 4.90 Å². The van der Waals surface area contributed by atoms with Gasteiger partial charge in [-0.1, -0.05) is 23.2 Å². The van der Waals surface area contributed by atoms with E-state index in [0.29, 0.717) is 15.6 Å². The highest BCUT2D eigenvalue weighted by molar-refractivity contribution is 6.34.